The summed E-state index contributed by atoms with van der Waals surface area (Å²) in [7, 11) is 3.47. The van der Waals surface area contributed by atoms with Gasteiger partial charge in [-0.05, 0) is 6.54 Å². The summed E-state index contributed by atoms with van der Waals surface area (Å²) in [5.74, 6) is 0. The van der Waals surface area contributed by atoms with Crippen molar-refractivity contribution in [3.8, 4) is 0 Å². The van der Waals surface area contributed by atoms with Crippen LogP contribution in [0.2, 0.25) is 0 Å². The van der Waals surface area contributed by atoms with Crippen molar-refractivity contribution >= 4 is 16.5 Å². The molecule has 1 aliphatic heterocycles. The average Bonchev–Trinajstić information content (AvgIpc) is 3.01. The van der Waals surface area contributed by atoms with Crippen molar-refractivity contribution in [2.24, 2.45) is 0 Å². The zero-order chi connectivity index (χ0) is 13.0. The van der Waals surface area contributed by atoms with Crippen molar-refractivity contribution in [1.82, 2.24) is 10.3 Å². The zero-order valence-electron chi connectivity index (χ0n) is 11.2. The van der Waals surface area contributed by atoms with Gasteiger partial charge in [-0.15, -0.1) is 11.3 Å². The maximum atomic E-state index is 5.44. The second kappa shape index (κ2) is 6.47. The maximum Gasteiger partial charge on any atom is 0.185 e. The number of hydrogen-bond donors (Lipinski definition) is 1. The molecule has 0 aliphatic carbocycles. The first-order valence-electron chi connectivity index (χ1n) is 6.24. The van der Waals surface area contributed by atoms with E-state index in [1.807, 2.05) is 0 Å². The van der Waals surface area contributed by atoms with Crippen molar-refractivity contribution in [1.29, 1.82) is 0 Å². The summed E-state index contributed by atoms with van der Waals surface area (Å²) in [4.78, 5) is 6.88. The normalized spacial score (nSPS) is 23.8. The molecular formula is C12H21N3O2S. The van der Waals surface area contributed by atoms with Gasteiger partial charge in [0.25, 0.3) is 0 Å². The van der Waals surface area contributed by atoms with Crippen LogP contribution >= 0.6 is 11.3 Å². The van der Waals surface area contributed by atoms with Crippen LogP contribution in [-0.4, -0.2) is 51.0 Å². The van der Waals surface area contributed by atoms with E-state index >= 15 is 0 Å². The molecule has 1 aromatic heterocycles. The number of nitrogens with zero attached hydrogens (tertiary/aromatic N) is 2. The number of aromatic nitrogens is 1. The highest BCUT2D eigenvalue weighted by Crippen LogP contribution is 2.26. The fourth-order valence-corrected chi connectivity index (χ4v) is 2.97. The zero-order valence-corrected chi connectivity index (χ0v) is 12.0. The average molecular weight is 271 g/mol. The largest absolute Gasteiger partial charge is 0.377 e. The summed E-state index contributed by atoms with van der Waals surface area (Å²) in [5, 5.41) is 6.46. The third-order valence-electron chi connectivity index (χ3n) is 3.19. The molecule has 2 heterocycles. The second-order valence-electron chi connectivity index (χ2n) is 4.36. The van der Waals surface area contributed by atoms with Crippen LogP contribution in [0.5, 0.6) is 0 Å². The minimum Gasteiger partial charge on any atom is -0.377 e. The van der Waals surface area contributed by atoms with Crippen LogP contribution in [0.25, 0.3) is 0 Å². The highest BCUT2D eigenvalue weighted by Gasteiger charge is 2.34. The molecule has 0 amide bonds. The summed E-state index contributed by atoms with van der Waals surface area (Å²) in [6, 6.07) is 0. The lowest BCUT2D eigenvalue weighted by atomic mass is 10.3. The van der Waals surface area contributed by atoms with E-state index in [0.717, 1.165) is 37.0 Å². The minimum absolute atomic E-state index is 0.135. The Hall–Kier alpha value is -0.690. The molecule has 0 radical (unpaired) electrons. The van der Waals surface area contributed by atoms with E-state index in [1.54, 1.807) is 25.6 Å². The van der Waals surface area contributed by atoms with Crippen LogP contribution in [-0.2, 0) is 16.0 Å². The van der Waals surface area contributed by atoms with Crippen LogP contribution in [0.1, 0.15) is 12.6 Å². The lowest BCUT2D eigenvalue weighted by Crippen LogP contribution is -2.27. The number of rotatable bonds is 6. The van der Waals surface area contributed by atoms with E-state index in [0.29, 0.717) is 0 Å². The van der Waals surface area contributed by atoms with E-state index in [9.17, 15) is 0 Å². The van der Waals surface area contributed by atoms with Gasteiger partial charge in [-0.3, -0.25) is 0 Å². The fourth-order valence-electron chi connectivity index (χ4n) is 2.13. The third-order valence-corrected chi connectivity index (χ3v) is 4.14. The van der Waals surface area contributed by atoms with Gasteiger partial charge in [-0.1, -0.05) is 6.92 Å². The summed E-state index contributed by atoms with van der Waals surface area (Å²) in [5.41, 5.74) is 1.10. The SMILES string of the molecule is CCNCc1csc(N2CC(OC)C(OC)C2)n1. The Morgan fingerprint density at radius 1 is 1.39 bits per heavy atom. The van der Waals surface area contributed by atoms with E-state index in [4.69, 9.17) is 9.47 Å². The van der Waals surface area contributed by atoms with Gasteiger partial charge in [0.15, 0.2) is 5.13 Å². The highest BCUT2D eigenvalue weighted by atomic mass is 32.1. The molecule has 1 saturated heterocycles. The van der Waals surface area contributed by atoms with Crippen molar-refractivity contribution in [2.75, 3.05) is 38.8 Å². The predicted molar refractivity (Wildman–Crippen MR) is 73.3 cm³/mol. The monoisotopic (exact) mass is 271 g/mol. The first kappa shape index (κ1) is 13.7. The standard InChI is InChI=1S/C12H21N3O2S/c1-4-13-5-9-8-18-12(14-9)15-6-10(16-2)11(7-15)17-3/h8,10-11,13H,4-7H2,1-3H3. The van der Waals surface area contributed by atoms with Crippen molar-refractivity contribution in [3.63, 3.8) is 0 Å². The smallest absolute Gasteiger partial charge is 0.185 e. The van der Waals surface area contributed by atoms with Crippen molar-refractivity contribution in [2.45, 2.75) is 25.7 Å². The number of ether oxygens (including phenoxy) is 2. The molecule has 102 valence electrons. The topological polar surface area (TPSA) is 46.6 Å². The van der Waals surface area contributed by atoms with Gasteiger partial charge in [0.05, 0.1) is 5.69 Å². The van der Waals surface area contributed by atoms with Crippen molar-refractivity contribution in [3.05, 3.63) is 11.1 Å². The number of methoxy groups -OCH3 is 2. The molecule has 2 atom stereocenters. The third kappa shape index (κ3) is 3.00. The summed E-state index contributed by atoms with van der Waals surface area (Å²) in [6.07, 6.45) is 0.271. The molecule has 18 heavy (non-hydrogen) atoms. The van der Waals surface area contributed by atoms with Crippen LogP contribution < -0.4 is 10.2 Å². The Morgan fingerprint density at radius 3 is 2.61 bits per heavy atom. The predicted octanol–water partition coefficient (Wildman–Crippen LogP) is 1.10. The molecule has 0 aromatic carbocycles. The highest BCUT2D eigenvalue weighted by molar-refractivity contribution is 7.13. The summed E-state index contributed by atoms with van der Waals surface area (Å²) < 4.78 is 10.9. The number of hydrogen-bond acceptors (Lipinski definition) is 6. The van der Waals surface area contributed by atoms with Gasteiger partial charge < -0.3 is 19.7 Å². The minimum atomic E-state index is 0.135. The first-order chi connectivity index (χ1) is 8.78. The lowest BCUT2D eigenvalue weighted by molar-refractivity contribution is -0.00461. The number of anilines is 1. The Bertz CT molecular complexity index is 360. The molecule has 1 aromatic rings. The summed E-state index contributed by atoms with van der Waals surface area (Å²) in [6.45, 7) is 5.60. The molecule has 5 nitrogen and oxygen atoms in total. The Morgan fingerprint density at radius 2 is 2.06 bits per heavy atom. The lowest BCUT2D eigenvalue weighted by Gasteiger charge is -2.13. The van der Waals surface area contributed by atoms with Crippen LogP contribution in [0, 0.1) is 0 Å². The van der Waals surface area contributed by atoms with Crippen LogP contribution in [0.3, 0.4) is 0 Å². The molecule has 2 rings (SSSR count). The molecule has 0 bridgehead atoms. The van der Waals surface area contributed by atoms with Gasteiger partial charge in [0, 0.05) is 39.2 Å². The Balaban J connectivity index is 1.97. The molecule has 0 saturated carbocycles. The van der Waals surface area contributed by atoms with Gasteiger partial charge in [-0.2, -0.15) is 0 Å². The molecule has 2 unspecified atom stereocenters. The van der Waals surface area contributed by atoms with Gasteiger partial charge in [-0.25, -0.2) is 4.98 Å². The fraction of sp³-hybridized carbons (Fsp3) is 0.750. The van der Waals surface area contributed by atoms with E-state index < -0.39 is 0 Å². The molecular weight excluding hydrogens is 250 g/mol. The molecule has 0 spiro atoms. The maximum absolute atomic E-state index is 5.44. The second-order valence-corrected chi connectivity index (χ2v) is 5.19. The molecule has 1 aliphatic rings. The van der Waals surface area contributed by atoms with Crippen LogP contribution in [0.15, 0.2) is 5.38 Å². The Kier molecular flexibility index (Phi) is 4.94. The van der Waals surface area contributed by atoms with E-state index in [-0.39, 0.29) is 12.2 Å². The summed E-state index contributed by atoms with van der Waals surface area (Å²) >= 11 is 1.69. The molecule has 1 fully saturated rings. The first-order valence-corrected chi connectivity index (χ1v) is 7.12. The van der Waals surface area contributed by atoms with Crippen LogP contribution in [0.4, 0.5) is 5.13 Å². The molecule has 6 heteroatoms. The van der Waals surface area contributed by atoms with E-state index in [1.165, 1.54) is 0 Å². The van der Waals surface area contributed by atoms with Gasteiger partial charge in [0.1, 0.15) is 12.2 Å². The molecule has 1 N–H and O–H groups in total. The Labute approximate surface area is 112 Å². The number of thiazole rings is 1. The van der Waals surface area contributed by atoms with Crippen molar-refractivity contribution < 1.29 is 9.47 Å². The van der Waals surface area contributed by atoms with Gasteiger partial charge >= 0.3 is 0 Å². The van der Waals surface area contributed by atoms with Gasteiger partial charge in [0.2, 0.25) is 0 Å². The quantitative estimate of drug-likeness (QED) is 0.839. The van der Waals surface area contributed by atoms with E-state index in [2.05, 4.69) is 27.5 Å². The number of nitrogens with one attached hydrogen (secondary N) is 1.